The normalized spacial score (nSPS) is 23.8. The van der Waals surface area contributed by atoms with Gasteiger partial charge in [-0.05, 0) is 79.9 Å². The highest BCUT2D eigenvalue weighted by Crippen LogP contribution is 2.56. The zero-order valence-corrected chi connectivity index (χ0v) is 24.9. The standard InChI is InChI=1S/C29H41F3N4O5/c1-17(2)36(22-15-28(22)9-8-11-34(16-28)25(39)41-26(3,4)5)23(37)18-13-20-21(14-19(18)29(30,31)32)40-27(6,7)24(38)35(20)12-10-33/h13-14,17,22H,8-12,15-16,33H2,1-7H3/t22?,28-/m1/s1. The van der Waals surface area contributed by atoms with Gasteiger partial charge < -0.3 is 29.9 Å². The van der Waals surface area contributed by atoms with E-state index in [1.54, 1.807) is 39.5 Å². The Labute approximate surface area is 239 Å². The van der Waals surface area contributed by atoms with Crippen LogP contribution in [0.5, 0.6) is 5.75 Å². The largest absolute Gasteiger partial charge is 0.476 e. The molecule has 2 N–H and O–H groups in total. The van der Waals surface area contributed by atoms with Gasteiger partial charge in [-0.2, -0.15) is 13.2 Å². The summed E-state index contributed by atoms with van der Waals surface area (Å²) in [5.41, 5.74) is 1.64. The van der Waals surface area contributed by atoms with Crippen molar-refractivity contribution >= 4 is 23.6 Å². The van der Waals surface area contributed by atoms with Crippen LogP contribution < -0.4 is 15.4 Å². The van der Waals surface area contributed by atoms with E-state index in [0.717, 1.165) is 18.6 Å². The number of piperidine rings is 1. The molecular formula is C29H41F3N4O5. The molecular weight excluding hydrogens is 541 g/mol. The highest BCUT2D eigenvalue weighted by molar-refractivity contribution is 6.05. The third-order valence-electron chi connectivity index (χ3n) is 7.94. The van der Waals surface area contributed by atoms with E-state index in [9.17, 15) is 27.6 Å². The molecule has 1 saturated carbocycles. The minimum absolute atomic E-state index is 0.0533. The Kier molecular flexibility index (Phi) is 7.81. The number of carbonyl (C=O) groups is 3. The van der Waals surface area contributed by atoms with Crippen LogP contribution in [0.2, 0.25) is 0 Å². The molecule has 0 radical (unpaired) electrons. The first kappa shape index (κ1) is 30.9. The van der Waals surface area contributed by atoms with E-state index < -0.39 is 57.9 Å². The number of nitrogens with zero attached hydrogens (tertiary/aromatic N) is 3. The smallest absolute Gasteiger partial charge is 0.417 e. The Morgan fingerprint density at radius 1 is 1.22 bits per heavy atom. The van der Waals surface area contributed by atoms with Crippen molar-refractivity contribution in [2.24, 2.45) is 11.1 Å². The summed E-state index contributed by atoms with van der Waals surface area (Å²) < 4.78 is 54.5. The van der Waals surface area contributed by atoms with E-state index in [1.165, 1.54) is 23.6 Å². The Hall–Kier alpha value is -3.02. The maximum Gasteiger partial charge on any atom is 0.417 e. The van der Waals surface area contributed by atoms with Gasteiger partial charge in [-0.1, -0.05) is 0 Å². The van der Waals surface area contributed by atoms with Gasteiger partial charge in [0, 0.05) is 43.7 Å². The molecule has 228 valence electrons. The number of hydrogen-bond acceptors (Lipinski definition) is 6. The van der Waals surface area contributed by atoms with E-state index in [-0.39, 0.29) is 30.6 Å². The highest BCUT2D eigenvalue weighted by Gasteiger charge is 2.61. The fraction of sp³-hybridized carbons (Fsp3) is 0.690. The monoisotopic (exact) mass is 582 g/mol. The first-order valence-corrected chi connectivity index (χ1v) is 14.1. The molecule has 2 heterocycles. The minimum Gasteiger partial charge on any atom is -0.476 e. The zero-order valence-electron chi connectivity index (χ0n) is 24.9. The second kappa shape index (κ2) is 10.4. The highest BCUT2D eigenvalue weighted by atomic mass is 19.4. The number of alkyl halides is 3. The Bertz CT molecular complexity index is 1230. The molecule has 3 aliphatic rings. The van der Waals surface area contributed by atoms with Crippen LogP contribution in [0.15, 0.2) is 12.1 Å². The lowest BCUT2D eigenvalue weighted by atomic mass is 9.93. The molecule has 3 amide bonds. The molecule has 1 saturated heterocycles. The molecule has 0 bridgehead atoms. The van der Waals surface area contributed by atoms with Crippen LogP contribution in [0.1, 0.15) is 83.7 Å². The summed E-state index contributed by atoms with van der Waals surface area (Å²) in [5, 5.41) is 0. The molecule has 2 aliphatic heterocycles. The second-order valence-electron chi connectivity index (χ2n) is 13.1. The molecule has 0 aromatic heterocycles. The minimum atomic E-state index is -4.85. The number of ether oxygens (including phenoxy) is 2. The predicted octanol–water partition coefficient (Wildman–Crippen LogP) is 4.81. The molecule has 1 unspecified atom stereocenters. The van der Waals surface area contributed by atoms with Crippen LogP contribution in [0.4, 0.5) is 23.7 Å². The molecule has 2 fully saturated rings. The number of benzene rings is 1. The first-order valence-electron chi connectivity index (χ1n) is 14.1. The lowest BCUT2D eigenvalue weighted by molar-refractivity contribution is -0.138. The summed E-state index contributed by atoms with van der Waals surface area (Å²) in [6, 6.07) is 1.15. The van der Waals surface area contributed by atoms with Crippen molar-refractivity contribution < 1.29 is 37.0 Å². The third-order valence-corrected chi connectivity index (χ3v) is 7.94. The second-order valence-corrected chi connectivity index (χ2v) is 13.1. The average Bonchev–Trinajstić information content (AvgIpc) is 3.50. The molecule has 2 atom stereocenters. The van der Waals surface area contributed by atoms with Gasteiger partial charge in [0.2, 0.25) is 0 Å². The maximum absolute atomic E-state index is 14.4. The van der Waals surface area contributed by atoms with Crippen LogP contribution in [0, 0.1) is 5.41 Å². The Morgan fingerprint density at radius 2 is 1.88 bits per heavy atom. The number of fused-ring (bicyclic) bond motifs is 1. The SMILES string of the molecule is CC(C)N(C(=O)c1cc2c(cc1C(F)(F)F)OC(C)(C)C(=O)N2CCN)C1C[C@@]12CCCN(C(=O)OC(C)(C)C)C2. The van der Waals surface area contributed by atoms with Crippen molar-refractivity contribution in [1.29, 1.82) is 0 Å². The van der Waals surface area contributed by atoms with Gasteiger partial charge in [0.1, 0.15) is 11.4 Å². The van der Waals surface area contributed by atoms with Crippen molar-refractivity contribution in [2.45, 2.75) is 97.2 Å². The van der Waals surface area contributed by atoms with E-state index in [4.69, 9.17) is 15.2 Å². The molecule has 1 aliphatic carbocycles. The topological polar surface area (TPSA) is 105 Å². The van der Waals surface area contributed by atoms with E-state index in [1.807, 2.05) is 0 Å². The third kappa shape index (κ3) is 5.98. The average molecular weight is 583 g/mol. The summed E-state index contributed by atoms with van der Waals surface area (Å²) in [5.74, 6) is -1.37. The van der Waals surface area contributed by atoms with Crippen LogP contribution in [-0.2, 0) is 15.7 Å². The lowest BCUT2D eigenvalue weighted by Gasteiger charge is -2.40. The molecule has 41 heavy (non-hydrogen) atoms. The number of rotatable bonds is 5. The van der Waals surface area contributed by atoms with Crippen molar-refractivity contribution in [2.75, 3.05) is 31.1 Å². The summed E-state index contributed by atoms with van der Waals surface area (Å²) in [4.78, 5) is 44.4. The molecule has 12 heteroatoms. The number of amides is 3. The van der Waals surface area contributed by atoms with Gasteiger partial charge in [-0.25, -0.2) is 4.79 Å². The number of nitrogens with two attached hydrogens (primary N) is 1. The summed E-state index contributed by atoms with van der Waals surface area (Å²) >= 11 is 0. The number of anilines is 1. The van der Waals surface area contributed by atoms with Crippen molar-refractivity contribution in [1.82, 2.24) is 9.80 Å². The Morgan fingerprint density at radius 3 is 2.44 bits per heavy atom. The molecule has 1 spiro atoms. The maximum atomic E-state index is 14.4. The van der Waals surface area contributed by atoms with Gasteiger partial charge >= 0.3 is 12.3 Å². The molecule has 9 nitrogen and oxygen atoms in total. The molecule has 4 rings (SSSR count). The first-order chi connectivity index (χ1) is 18.8. The number of likely N-dealkylation sites (tertiary alicyclic amines) is 1. The summed E-state index contributed by atoms with van der Waals surface area (Å²) in [6.07, 6.45) is -3.28. The fourth-order valence-electron chi connectivity index (χ4n) is 6.05. The van der Waals surface area contributed by atoms with Gasteiger partial charge in [0.15, 0.2) is 5.60 Å². The molecule has 1 aromatic carbocycles. The Balaban J connectivity index is 1.71. The quantitative estimate of drug-likeness (QED) is 0.535. The van der Waals surface area contributed by atoms with E-state index in [2.05, 4.69) is 0 Å². The summed E-state index contributed by atoms with van der Waals surface area (Å²) in [7, 11) is 0. The lowest BCUT2D eigenvalue weighted by Crippen LogP contribution is -2.54. The number of hydrogen-bond donors (Lipinski definition) is 1. The van der Waals surface area contributed by atoms with Crippen LogP contribution in [0.3, 0.4) is 0 Å². The van der Waals surface area contributed by atoms with Gasteiger partial charge in [0.05, 0.1) is 16.8 Å². The van der Waals surface area contributed by atoms with E-state index >= 15 is 0 Å². The van der Waals surface area contributed by atoms with Gasteiger partial charge in [0.25, 0.3) is 11.8 Å². The summed E-state index contributed by atoms with van der Waals surface area (Å²) in [6.45, 7) is 12.8. The van der Waals surface area contributed by atoms with Gasteiger partial charge in [-0.15, -0.1) is 0 Å². The molecule has 1 aromatic rings. The number of halogens is 3. The van der Waals surface area contributed by atoms with Crippen molar-refractivity contribution in [3.8, 4) is 5.75 Å². The number of carbonyl (C=O) groups excluding carboxylic acids is 3. The van der Waals surface area contributed by atoms with Crippen LogP contribution in [-0.4, -0.2) is 77.2 Å². The zero-order chi connectivity index (χ0) is 30.7. The van der Waals surface area contributed by atoms with Crippen molar-refractivity contribution in [3.63, 3.8) is 0 Å². The van der Waals surface area contributed by atoms with Crippen LogP contribution in [0.25, 0.3) is 0 Å². The fourth-order valence-corrected chi connectivity index (χ4v) is 6.05. The van der Waals surface area contributed by atoms with E-state index in [0.29, 0.717) is 25.9 Å². The van der Waals surface area contributed by atoms with Gasteiger partial charge in [-0.3, -0.25) is 9.59 Å². The van der Waals surface area contributed by atoms with Crippen LogP contribution >= 0.6 is 0 Å². The predicted molar refractivity (Wildman–Crippen MR) is 147 cm³/mol. The van der Waals surface area contributed by atoms with Crippen molar-refractivity contribution in [3.05, 3.63) is 23.3 Å².